The van der Waals surface area contributed by atoms with Crippen LogP contribution in [0.15, 0.2) is 46.9 Å². The van der Waals surface area contributed by atoms with Crippen LogP contribution in [0.25, 0.3) is 0 Å². The molecule has 2 aromatic carbocycles. The Balaban J connectivity index is 2.39. The predicted octanol–water partition coefficient (Wildman–Crippen LogP) is 4.39. The van der Waals surface area contributed by atoms with Crippen molar-refractivity contribution in [2.75, 3.05) is 0 Å². The zero-order valence-corrected chi connectivity index (χ0v) is 12.3. The van der Waals surface area contributed by atoms with Crippen molar-refractivity contribution in [3.8, 4) is 6.07 Å². The van der Waals surface area contributed by atoms with Crippen LogP contribution < -0.4 is 0 Å². The van der Waals surface area contributed by atoms with Crippen LogP contribution >= 0.6 is 15.9 Å². The molecule has 0 radical (unpaired) electrons. The number of rotatable bonds is 3. The van der Waals surface area contributed by atoms with Crippen molar-refractivity contribution in [1.82, 2.24) is 0 Å². The molecule has 0 fully saturated rings. The first kappa shape index (κ1) is 14.4. The third-order valence-corrected chi connectivity index (χ3v) is 3.51. The Kier molecular flexibility index (Phi) is 4.31. The summed E-state index contributed by atoms with van der Waals surface area (Å²) >= 11 is 3.29. The summed E-state index contributed by atoms with van der Waals surface area (Å²) in [6, 6.07) is 13.2. The van der Waals surface area contributed by atoms with Crippen LogP contribution in [0.4, 0.5) is 4.39 Å². The van der Waals surface area contributed by atoms with Gasteiger partial charge in [-0.25, -0.2) is 4.39 Å². The molecular weight excluding hydrogens is 321 g/mol. The smallest absolute Gasteiger partial charge is 0.187 e. The van der Waals surface area contributed by atoms with Gasteiger partial charge in [0.15, 0.2) is 5.78 Å². The van der Waals surface area contributed by atoms with E-state index < -0.39 is 17.5 Å². The highest BCUT2D eigenvalue weighted by Gasteiger charge is 2.24. The average Bonchev–Trinajstić information content (AvgIpc) is 2.41. The van der Waals surface area contributed by atoms with Gasteiger partial charge in [0.05, 0.1) is 11.6 Å². The van der Waals surface area contributed by atoms with Crippen LogP contribution in [-0.4, -0.2) is 5.78 Å². The van der Waals surface area contributed by atoms with Gasteiger partial charge >= 0.3 is 0 Å². The molecule has 100 valence electrons. The van der Waals surface area contributed by atoms with E-state index in [0.29, 0.717) is 5.56 Å². The maximum atomic E-state index is 13.8. The molecule has 4 heteroatoms. The van der Waals surface area contributed by atoms with Crippen molar-refractivity contribution < 1.29 is 9.18 Å². The van der Waals surface area contributed by atoms with Gasteiger partial charge in [0.1, 0.15) is 11.7 Å². The Morgan fingerprint density at radius 3 is 2.45 bits per heavy atom. The second kappa shape index (κ2) is 5.98. The van der Waals surface area contributed by atoms with Gasteiger partial charge in [-0.1, -0.05) is 34.1 Å². The zero-order valence-electron chi connectivity index (χ0n) is 10.7. The number of carbonyl (C=O) groups is 1. The van der Waals surface area contributed by atoms with Crippen LogP contribution in [-0.2, 0) is 0 Å². The molecule has 1 unspecified atom stereocenters. The molecule has 0 heterocycles. The van der Waals surface area contributed by atoms with Crippen LogP contribution in [0.1, 0.15) is 27.4 Å². The third-order valence-electron chi connectivity index (χ3n) is 2.98. The molecule has 2 nitrogen and oxygen atoms in total. The number of hydrogen-bond acceptors (Lipinski definition) is 2. The van der Waals surface area contributed by atoms with E-state index in [4.69, 9.17) is 0 Å². The molecule has 1 atom stereocenters. The number of Topliss-reactive ketones (excluding diaryl/α,β-unsaturated/α-hetero) is 1. The molecule has 0 aliphatic carbocycles. The summed E-state index contributed by atoms with van der Waals surface area (Å²) in [4.78, 5) is 12.3. The number of ketones is 1. The lowest BCUT2D eigenvalue weighted by Gasteiger charge is -2.10. The summed E-state index contributed by atoms with van der Waals surface area (Å²) in [7, 11) is 0. The van der Waals surface area contributed by atoms with Gasteiger partial charge in [-0.3, -0.25) is 4.79 Å². The van der Waals surface area contributed by atoms with E-state index in [2.05, 4.69) is 15.9 Å². The summed E-state index contributed by atoms with van der Waals surface area (Å²) in [5.41, 5.74) is 1.24. The van der Waals surface area contributed by atoms with E-state index in [9.17, 15) is 14.4 Å². The number of aryl methyl sites for hydroxylation is 1. The minimum absolute atomic E-state index is 0.0509. The summed E-state index contributed by atoms with van der Waals surface area (Å²) in [5, 5.41) is 9.22. The fraction of sp³-hybridized carbons (Fsp3) is 0.125. The minimum atomic E-state index is -1.000. The highest BCUT2D eigenvalue weighted by Crippen LogP contribution is 2.24. The first-order valence-corrected chi connectivity index (χ1v) is 6.77. The van der Waals surface area contributed by atoms with Gasteiger partial charge in [-0.2, -0.15) is 5.26 Å². The molecule has 0 saturated heterocycles. The molecule has 2 rings (SSSR count). The molecule has 0 amide bonds. The highest BCUT2D eigenvalue weighted by atomic mass is 79.9. The van der Waals surface area contributed by atoms with Gasteiger partial charge < -0.3 is 0 Å². The van der Waals surface area contributed by atoms with E-state index in [1.54, 1.807) is 37.3 Å². The zero-order chi connectivity index (χ0) is 14.7. The second-order valence-electron chi connectivity index (χ2n) is 4.46. The Labute approximate surface area is 125 Å². The molecule has 20 heavy (non-hydrogen) atoms. The normalized spacial score (nSPS) is 11.7. The van der Waals surface area contributed by atoms with E-state index >= 15 is 0 Å². The summed E-state index contributed by atoms with van der Waals surface area (Å²) in [5.74, 6) is -2.11. The van der Waals surface area contributed by atoms with E-state index in [0.717, 1.165) is 10.0 Å². The Hall–Kier alpha value is -1.99. The Bertz CT molecular complexity index is 689. The third kappa shape index (κ3) is 2.94. The van der Waals surface area contributed by atoms with Crippen LogP contribution in [0.3, 0.4) is 0 Å². The van der Waals surface area contributed by atoms with Crippen LogP contribution in [0.5, 0.6) is 0 Å². The van der Waals surface area contributed by atoms with Gasteiger partial charge in [0.25, 0.3) is 0 Å². The van der Waals surface area contributed by atoms with Crippen molar-refractivity contribution in [1.29, 1.82) is 5.26 Å². The minimum Gasteiger partial charge on any atom is -0.292 e. The maximum Gasteiger partial charge on any atom is 0.187 e. The molecule has 0 saturated carbocycles. The number of hydrogen-bond donors (Lipinski definition) is 0. The molecule has 0 bridgehead atoms. The van der Waals surface area contributed by atoms with Crippen molar-refractivity contribution in [3.63, 3.8) is 0 Å². The van der Waals surface area contributed by atoms with Crippen LogP contribution in [0.2, 0.25) is 0 Å². The van der Waals surface area contributed by atoms with Gasteiger partial charge in [0, 0.05) is 4.47 Å². The fourth-order valence-electron chi connectivity index (χ4n) is 1.92. The number of nitrogens with zero attached hydrogens (tertiary/aromatic N) is 1. The first-order chi connectivity index (χ1) is 9.52. The SMILES string of the molecule is Cc1ccc(C(=O)C(C#N)c2ccc(Br)cc2)c(F)c1. The lowest BCUT2D eigenvalue weighted by molar-refractivity contribution is 0.0975. The first-order valence-electron chi connectivity index (χ1n) is 5.98. The fourth-order valence-corrected chi connectivity index (χ4v) is 2.18. The van der Waals surface area contributed by atoms with Crippen molar-refractivity contribution in [2.45, 2.75) is 12.8 Å². The largest absolute Gasteiger partial charge is 0.292 e. The van der Waals surface area contributed by atoms with E-state index in [1.165, 1.54) is 12.1 Å². The molecular formula is C16H11BrFNO. The molecule has 0 aliphatic rings. The number of halogens is 2. The number of benzene rings is 2. The molecule has 0 spiro atoms. The van der Waals surface area contributed by atoms with Gasteiger partial charge in [-0.05, 0) is 42.3 Å². The van der Waals surface area contributed by atoms with Crippen molar-refractivity contribution >= 4 is 21.7 Å². The molecule has 0 N–H and O–H groups in total. The molecule has 2 aromatic rings. The summed E-state index contributed by atoms with van der Waals surface area (Å²) < 4.78 is 14.7. The van der Waals surface area contributed by atoms with Crippen molar-refractivity contribution in [2.24, 2.45) is 0 Å². The van der Waals surface area contributed by atoms with Gasteiger partial charge in [0.2, 0.25) is 0 Å². The van der Waals surface area contributed by atoms with Gasteiger partial charge in [-0.15, -0.1) is 0 Å². The number of nitriles is 1. The topological polar surface area (TPSA) is 40.9 Å². The highest BCUT2D eigenvalue weighted by molar-refractivity contribution is 9.10. The summed E-state index contributed by atoms with van der Waals surface area (Å²) in [6.07, 6.45) is 0. The Morgan fingerprint density at radius 2 is 1.90 bits per heavy atom. The second-order valence-corrected chi connectivity index (χ2v) is 5.38. The molecule has 0 aromatic heterocycles. The number of carbonyl (C=O) groups excluding carboxylic acids is 1. The Morgan fingerprint density at radius 1 is 1.25 bits per heavy atom. The lowest BCUT2D eigenvalue weighted by atomic mass is 9.91. The monoisotopic (exact) mass is 331 g/mol. The summed E-state index contributed by atoms with van der Waals surface area (Å²) in [6.45, 7) is 1.74. The van der Waals surface area contributed by atoms with Crippen LogP contribution in [0, 0.1) is 24.1 Å². The quantitative estimate of drug-likeness (QED) is 0.783. The molecule has 0 aliphatic heterocycles. The van der Waals surface area contributed by atoms with E-state index in [1.807, 2.05) is 6.07 Å². The van der Waals surface area contributed by atoms with Crippen molar-refractivity contribution in [3.05, 3.63) is 69.4 Å². The maximum absolute atomic E-state index is 13.8. The average molecular weight is 332 g/mol. The lowest BCUT2D eigenvalue weighted by Crippen LogP contribution is -2.13. The standard InChI is InChI=1S/C16H11BrFNO/c1-10-2-7-13(15(18)8-10)16(20)14(9-19)11-3-5-12(17)6-4-11/h2-8,14H,1H3. The van der Waals surface area contributed by atoms with E-state index in [-0.39, 0.29) is 5.56 Å². The predicted molar refractivity (Wildman–Crippen MR) is 78.0 cm³/mol.